The number of aliphatic hydroxyl groups is 1. The van der Waals surface area contributed by atoms with Crippen molar-refractivity contribution in [2.75, 3.05) is 33.7 Å². The van der Waals surface area contributed by atoms with Crippen molar-refractivity contribution in [3.8, 4) is 0 Å². The van der Waals surface area contributed by atoms with E-state index in [-0.39, 0.29) is 11.8 Å². The number of β-amino-alcohol motifs (C(OH)–C–C–N with tert-alkyl or cyclic N) is 1. The van der Waals surface area contributed by atoms with Crippen molar-refractivity contribution < 1.29 is 9.90 Å². The van der Waals surface area contributed by atoms with Gasteiger partial charge in [-0.1, -0.05) is 23.7 Å². The fourth-order valence-corrected chi connectivity index (χ4v) is 2.95. The summed E-state index contributed by atoms with van der Waals surface area (Å²) in [7, 11) is 3.59. The number of carbonyl (C=O) groups is 1. The first kappa shape index (κ1) is 16.3. The van der Waals surface area contributed by atoms with Gasteiger partial charge in [0.25, 0.3) is 0 Å². The van der Waals surface area contributed by atoms with E-state index in [4.69, 9.17) is 11.6 Å². The molecule has 0 aromatic heterocycles. The highest BCUT2D eigenvalue weighted by Crippen LogP contribution is 2.22. The Labute approximate surface area is 131 Å². The third-order valence-corrected chi connectivity index (χ3v) is 4.23. The van der Waals surface area contributed by atoms with E-state index in [0.717, 1.165) is 31.5 Å². The maximum absolute atomic E-state index is 12.1. The molecule has 1 aromatic carbocycles. The number of carbonyl (C=O) groups excluding carboxylic acids is 1. The van der Waals surface area contributed by atoms with E-state index in [0.29, 0.717) is 11.6 Å². The third-order valence-electron chi connectivity index (χ3n) is 3.98. The molecule has 4 nitrogen and oxygen atoms in total. The Kier molecular flexibility index (Phi) is 5.62. The van der Waals surface area contributed by atoms with Crippen LogP contribution in [0.15, 0.2) is 24.3 Å². The second-order valence-corrected chi connectivity index (χ2v) is 6.34. The number of benzene rings is 1. The zero-order valence-electron chi connectivity index (χ0n) is 12.6. The molecule has 2 rings (SSSR count). The minimum Gasteiger partial charge on any atom is -0.387 e. The summed E-state index contributed by atoms with van der Waals surface area (Å²) in [4.78, 5) is 15.9. The van der Waals surface area contributed by atoms with Crippen LogP contribution < -0.4 is 0 Å². The Balaban J connectivity index is 1.93. The molecule has 0 saturated carbocycles. The van der Waals surface area contributed by atoms with Gasteiger partial charge in [-0.05, 0) is 37.1 Å². The van der Waals surface area contributed by atoms with Gasteiger partial charge in [0, 0.05) is 32.2 Å². The van der Waals surface area contributed by atoms with E-state index >= 15 is 0 Å². The van der Waals surface area contributed by atoms with Crippen LogP contribution in [-0.4, -0.2) is 54.5 Å². The molecule has 1 amide bonds. The van der Waals surface area contributed by atoms with Crippen molar-refractivity contribution >= 4 is 17.5 Å². The average Bonchev–Trinajstić information content (AvgIpc) is 2.47. The molecule has 1 fully saturated rings. The van der Waals surface area contributed by atoms with Gasteiger partial charge in [-0.15, -0.1) is 0 Å². The maximum atomic E-state index is 12.1. The van der Waals surface area contributed by atoms with Crippen LogP contribution in [-0.2, 0) is 4.79 Å². The maximum Gasteiger partial charge on any atom is 0.226 e. The summed E-state index contributed by atoms with van der Waals surface area (Å²) in [5.74, 6) is 0.229. The summed E-state index contributed by atoms with van der Waals surface area (Å²) in [5.41, 5.74) is 0.862. The molecule has 0 aliphatic carbocycles. The van der Waals surface area contributed by atoms with Crippen molar-refractivity contribution in [2.24, 2.45) is 5.92 Å². The fourth-order valence-electron chi connectivity index (χ4n) is 2.82. The highest BCUT2D eigenvalue weighted by atomic mass is 35.5. The standard InChI is InChI=1S/C16H23ClN2O2/c1-18(2)16(21)13-4-3-9-19(10-13)11-15(20)12-5-7-14(17)8-6-12/h5-8,13,15,20H,3-4,9-11H2,1-2H3. The summed E-state index contributed by atoms with van der Waals surface area (Å²) in [6, 6.07) is 7.27. The number of aliphatic hydroxyl groups excluding tert-OH is 1. The number of amides is 1. The van der Waals surface area contributed by atoms with E-state index in [1.165, 1.54) is 0 Å². The summed E-state index contributed by atoms with van der Waals surface area (Å²) >= 11 is 5.86. The predicted octanol–water partition coefficient (Wildman–Crippen LogP) is 2.17. The van der Waals surface area contributed by atoms with Crippen LogP contribution in [0.1, 0.15) is 24.5 Å². The quantitative estimate of drug-likeness (QED) is 0.927. The van der Waals surface area contributed by atoms with E-state index in [1.807, 2.05) is 12.1 Å². The Morgan fingerprint density at radius 2 is 2.10 bits per heavy atom. The smallest absolute Gasteiger partial charge is 0.226 e. The van der Waals surface area contributed by atoms with Gasteiger partial charge >= 0.3 is 0 Å². The van der Waals surface area contributed by atoms with Gasteiger partial charge < -0.3 is 10.0 Å². The minimum atomic E-state index is -0.546. The van der Waals surface area contributed by atoms with Crippen LogP contribution in [0.3, 0.4) is 0 Å². The van der Waals surface area contributed by atoms with Crippen LogP contribution in [0.2, 0.25) is 5.02 Å². The number of hydrogen-bond acceptors (Lipinski definition) is 3. The first-order chi connectivity index (χ1) is 9.97. The summed E-state index contributed by atoms with van der Waals surface area (Å²) < 4.78 is 0. The molecule has 0 radical (unpaired) electrons. The van der Waals surface area contributed by atoms with Gasteiger partial charge in [0.15, 0.2) is 0 Å². The van der Waals surface area contributed by atoms with Crippen molar-refractivity contribution in [1.29, 1.82) is 0 Å². The molecule has 5 heteroatoms. The average molecular weight is 311 g/mol. The normalized spacial score (nSPS) is 21.0. The zero-order chi connectivity index (χ0) is 15.4. The Bertz CT molecular complexity index is 476. The Hall–Kier alpha value is -1.10. The second kappa shape index (κ2) is 7.25. The van der Waals surface area contributed by atoms with Gasteiger partial charge in [-0.3, -0.25) is 9.69 Å². The number of rotatable bonds is 4. The highest BCUT2D eigenvalue weighted by Gasteiger charge is 2.27. The fraction of sp³-hybridized carbons (Fsp3) is 0.562. The number of halogens is 1. The van der Waals surface area contributed by atoms with Gasteiger partial charge in [-0.25, -0.2) is 0 Å². The largest absolute Gasteiger partial charge is 0.387 e. The van der Waals surface area contributed by atoms with Crippen LogP contribution in [0.4, 0.5) is 0 Å². The molecule has 1 aliphatic rings. The number of nitrogens with zero attached hydrogens (tertiary/aromatic N) is 2. The Morgan fingerprint density at radius 1 is 1.43 bits per heavy atom. The molecule has 0 spiro atoms. The van der Waals surface area contributed by atoms with E-state index in [2.05, 4.69) is 4.90 Å². The molecule has 2 atom stereocenters. The number of likely N-dealkylation sites (tertiary alicyclic amines) is 1. The molecule has 21 heavy (non-hydrogen) atoms. The molecular formula is C16H23ClN2O2. The summed E-state index contributed by atoms with van der Waals surface area (Å²) in [5, 5.41) is 11.0. The zero-order valence-corrected chi connectivity index (χ0v) is 13.4. The monoisotopic (exact) mass is 310 g/mol. The molecule has 116 valence electrons. The van der Waals surface area contributed by atoms with E-state index < -0.39 is 6.10 Å². The van der Waals surface area contributed by atoms with Crippen molar-refractivity contribution in [2.45, 2.75) is 18.9 Å². The van der Waals surface area contributed by atoms with Crippen LogP contribution in [0, 0.1) is 5.92 Å². The predicted molar refractivity (Wildman–Crippen MR) is 84.3 cm³/mol. The van der Waals surface area contributed by atoms with Crippen LogP contribution >= 0.6 is 11.6 Å². The van der Waals surface area contributed by atoms with Crippen molar-refractivity contribution in [1.82, 2.24) is 9.80 Å². The molecule has 1 saturated heterocycles. The van der Waals surface area contributed by atoms with E-state index in [9.17, 15) is 9.90 Å². The molecule has 1 aromatic rings. The lowest BCUT2D eigenvalue weighted by molar-refractivity contribution is -0.134. The molecule has 2 unspecified atom stereocenters. The first-order valence-corrected chi connectivity index (χ1v) is 7.72. The van der Waals surface area contributed by atoms with Crippen LogP contribution in [0.5, 0.6) is 0 Å². The SMILES string of the molecule is CN(C)C(=O)C1CCCN(CC(O)c2ccc(Cl)cc2)C1. The molecule has 1 aliphatic heterocycles. The van der Waals surface area contributed by atoms with E-state index in [1.54, 1.807) is 31.1 Å². The van der Waals surface area contributed by atoms with Gasteiger partial charge in [0.05, 0.1) is 12.0 Å². The van der Waals surface area contributed by atoms with Gasteiger partial charge in [0.1, 0.15) is 0 Å². The topological polar surface area (TPSA) is 43.8 Å². The van der Waals surface area contributed by atoms with Gasteiger partial charge in [-0.2, -0.15) is 0 Å². The van der Waals surface area contributed by atoms with Gasteiger partial charge in [0.2, 0.25) is 5.91 Å². The minimum absolute atomic E-state index is 0.0474. The molecular weight excluding hydrogens is 288 g/mol. The molecule has 1 heterocycles. The van der Waals surface area contributed by atoms with Crippen molar-refractivity contribution in [3.63, 3.8) is 0 Å². The number of piperidine rings is 1. The second-order valence-electron chi connectivity index (χ2n) is 5.90. The number of hydrogen-bond donors (Lipinski definition) is 1. The summed E-state index contributed by atoms with van der Waals surface area (Å²) in [6.07, 6.45) is 1.39. The first-order valence-electron chi connectivity index (χ1n) is 7.34. The third kappa shape index (κ3) is 4.43. The summed E-state index contributed by atoms with van der Waals surface area (Å²) in [6.45, 7) is 2.21. The lowest BCUT2D eigenvalue weighted by Crippen LogP contribution is -2.43. The molecule has 0 bridgehead atoms. The lowest BCUT2D eigenvalue weighted by atomic mass is 9.96. The molecule has 1 N–H and O–H groups in total. The van der Waals surface area contributed by atoms with Crippen LogP contribution in [0.25, 0.3) is 0 Å². The van der Waals surface area contributed by atoms with Crippen molar-refractivity contribution in [3.05, 3.63) is 34.9 Å². The highest BCUT2D eigenvalue weighted by molar-refractivity contribution is 6.30. The Morgan fingerprint density at radius 3 is 2.71 bits per heavy atom. The lowest BCUT2D eigenvalue weighted by Gasteiger charge is -2.34.